The van der Waals surface area contributed by atoms with Gasteiger partial charge in [0.25, 0.3) is 0 Å². The van der Waals surface area contributed by atoms with Gasteiger partial charge in [-0.2, -0.15) is 4.31 Å². The highest BCUT2D eigenvalue weighted by molar-refractivity contribution is 7.88. The second-order valence-corrected chi connectivity index (χ2v) is 10.2. The number of hydrogen-bond acceptors (Lipinski definition) is 5. The topological polar surface area (TPSA) is 96.0 Å². The van der Waals surface area contributed by atoms with Crippen molar-refractivity contribution >= 4 is 21.8 Å². The van der Waals surface area contributed by atoms with Gasteiger partial charge in [-0.1, -0.05) is 42.5 Å². The summed E-state index contributed by atoms with van der Waals surface area (Å²) in [6, 6.07) is 13.7. The van der Waals surface area contributed by atoms with E-state index in [1.807, 2.05) is 13.0 Å². The molecule has 0 aliphatic rings. The Morgan fingerprint density at radius 3 is 2.26 bits per heavy atom. The van der Waals surface area contributed by atoms with Gasteiger partial charge >= 0.3 is 0 Å². The summed E-state index contributed by atoms with van der Waals surface area (Å²) in [6.45, 7) is 4.56. The molecule has 1 atom stereocenters. The van der Waals surface area contributed by atoms with E-state index in [-0.39, 0.29) is 19.0 Å². The first-order valence-corrected chi connectivity index (χ1v) is 13.3. The van der Waals surface area contributed by atoms with Crippen LogP contribution in [0, 0.1) is 5.82 Å². The predicted octanol–water partition coefficient (Wildman–Crippen LogP) is 2.55. The van der Waals surface area contributed by atoms with E-state index in [4.69, 9.17) is 4.74 Å². The van der Waals surface area contributed by atoms with Crippen LogP contribution in [0.1, 0.15) is 31.4 Å². The molecule has 0 bridgehead atoms. The highest BCUT2D eigenvalue weighted by atomic mass is 32.2. The average Bonchev–Trinajstić information content (AvgIpc) is 2.82. The summed E-state index contributed by atoms with van der Waals surface area (Å²) in [5.41, 5.74) is 1.35. The number of sulfonamides is 1. The predicted molar refractivity (Wildman–Crippen MR) is 132 cm³/mol. The van der Waals surface area contributed by atoms with E-state index in [2.05, 4.69) is 5.32 Å². The first-order valence-electron chi connectivity index (χ1n) is 11.5. The smallest absolute Gasteiger partial charge is 0.242 e. The third kappa shape index (κ3) is 9.75. The molecule has 2 amide bonds. The minimum atomic E-state index is -3.72. The van der Waals surface area contributed by atoms with Gasteiger partial charge in [-0.15, -0.1) is 0 Å². The monoisotopic (exact) mass is 507 g/mol. The Bertz CT molecular complexity index is 1050. The normalized spacial score (nSPS) is 12.4. The molecule has 0 saturated carbocycles. The van der Waals surface area contributed by atoms with Crippen molar-refractivity contribution in [2.24, 2.45) is 0 Å². The summed E-state index contributed by atoms with van der Waals surface area (Å²) in [7, 11) is -3.72. The van der Waals surface area contributed by atoms with E-state index in [0.29, 0.717) is 31.7 Å². The lowest BCUT2D eigenvalue weighted by Gasteiger charge is -2.31. The van der Waals surface area contributed by atoms with E-state index >= 15 is 0 Å². The number of benzene rings is 2. The van der Waals surface area contributed by atoms with Gasteiger partial charge in [0.05, 0.1) is 12.8 Å². The first-order chi connectivity index (χ1) is 16.6. The molecule has 192 valence electrons. The second-order valence-electron chi connectivity index (χ2n) is 8.18. The van der Waals surface area contributed by atoms with Gasteiger partial charge in [0, 0.05) is 32.8 Å². The molecule has 0 radical (unpaired) electrons. The number of ether oxygens (including phenoxy) is 1. The number of rotatable bonds is 14. The summed E-state index contributed by atoms with van der Waals surface area (Å²) >= 11 is 0. The van der Waals surface area contributed by atoms with E-state index in [0.717, 1.165) is 16.1 Å². The fraction of sp³-hybridized carbons (Fsp3) is 0.440. The van der Waals surface area contributed by atoms with Crippen LogP contribution in [0.3, 0.4) is 0 Å². The molecule has 0 spiro atoms. The zero-order valence-corrected chi connectivity index (χ0v) is 21.3. The molecule has 0 aromatic heterocycles. The van der Waals surface area contributed by atoms with Gasteiger partial charge in [0.1, 0.15) is 11.9 Å². The van der Waals surface area contributed by atoms with E-state index in [1.54, 1.807) is 31.2 Å². The standard InChI is InChI=1S/C25H34FN3O5S/c1-4-34-16-8-15-27-25(31)20(2)29(18-22-11-13-23(26)14-12-22)24(30)19-28(35(3,32)33)17-21-9-6-5-7-10-21/h5-7,9-14,20H,4,8,15-19H2,1-3H3,(H,27,31)/t20-/m0/s1. The van der Waals surface area contributed by atoms with Crippen LogP contribution in [0.25, 0.3) is 0 Å². The number of hydrogen-bond donors (Lipinski definition) is 1. The maximum absolute atomic E-state index is 13.4. The molecule has 0 heterocycles. The first kappa shape index (κ1) is 28.4. The van der Waals surface area contributed by atoms with Crippen molar-refractivity contribution < 1.29 is 27.1 Å². The van der Waals surface area contributed by atoms with Crippen molar-refractivity contribution in [3.8, 4) is 0 Å². The molecule has 1 N–H and O–H groups in total. The van der Waals surface area contributed by atoms with Gasteiger partial charge in [-0.05, 0) is 43.5 Å². The molecule has 2 aromatic rings. The Morgan fingerprint density at radius 2 is 1.66 bits per heavy atom. The molecule has 2 aromatic carbocycles. The fourth-order valence-electron chi connectivity index (χ4n) is 3.37. The quantitative estimate of drug-likeness (QED) is 0.397. The number of halogens is 1. The summed E-state index contributed by atoms with van der Waals surface area (Å²) < 4.78 is 44.6. The SMILES string of the molecule is CCOCCCNC(=O)[C@H](C)N(Cc1ccc(F)cc1)C(=O)CN(Cc1ccccc1)S(C)(=O)=O. The van der Waals surface area contributed by atoms with Crippen molar-refractivity contribution in [3.05, 3.63) is 71.5 Å². The number of nitrogens with zero attached hydrogens (tertiary/aromatic N) is 2. The third-order valence-electron chi connectivity index (χ3n) is 5.38. The Balaban J connectivity index is 2.20. The molecular weight excluding hydrogens is 473 g/mol. The van der Waals surface area contributed by atoms with Crippen LogP contribution in [-0.4, -0.2) is 68.0 Å². The number of amides is 2. The van der Waals surface area contributed by atoms with Gasteiger partial charge in [-0.3, -0.25) is 9.59 Å². The largest absolute Gasteiger partial charge is 0.382 e. The summed E-state index contributed by atoms with van der Waals surface area (Å²) in [6.07, 6.45) is 1.67. The molecule has 0 saturated heterocycles. The lowest BCUT2D eigenvalue weighted by Crippen LogP contribution is -2.51. The Kier molecular flexibility index (Phi) is 11.3. The minimum absolute atomic E-state index is 0.0216. The van der Waals surface area contributed by atoms with Crippen LogP contribution >= 0.6 is 0 Å². The van der Waals surface area contributed by atoms with Crippen molar-refractivity contribution in [1.82, 2.24) is 14.5 Å². The van der Waals surface area contributed by atoms with Crippen LogP contribution in [0.5, 0.6) is 0 Å². The van der Waals surface area contributed by atoms with E-state index < -0.39 is 34.3 Å². The van der Waals surface area contributed by atoms with Gasteiger partial charge < -0.3 is 15.0 Å². The minimum Gasteiger partial charge on any atom is -0.382 e. The molecule has 0 aliphatic heterocycles. The number of nitrogens with one attached hydrogen (secondary N) is 1. The number of carbonyl (C=O) groups excluding carboxylic acids is 2. The second kappa shape index (κ2) is 13.9. The zero-order valence-electron chi connectivity index (χ0n) is 20.4. The molecule has 35 heavy (non-hydrogen) atoms. The maximum atomic E-state index is 13.4. The molecule has 10 heteroatoms. The third-order valence-corrected chi connectivity index (χ3v) is 6.58. The number of carbonyl (C=O) groups is 2. The van der Waals surface area contributed by atoms with Crippen LogP contribution in [0.2, 0.25) is 0 Å². The molecule has 2 rings (SSSR count). The highest BCUT2D eigenvalue weighted by Gasteiger charge is 2.29. The van der Waals surface area contributed by atoms with Gasteiger partial charge in [-0.25, -0.2) is 12.8 Å². The van der Waals surface area contributed by atoms with Gasteiger partial charge in [0.2, 0.25) is 21.8 Å². The van der Waals surface area contributed by atoms with Crippen molar-refractivity contribution in [1.29, 1.82) is 0 Å². The van der Waals surface area contributed by atoms with Crippen LogP contribution in [-0.2, 0) is 37.4 Å². The Hall–Kier alpha value is -2.82. The lowest BCUT2D eigenvalue weighted by atomic mass is 10.1. The maximum Gasteiger partial charge on any atom is 0.242 e. The van der Waals surface area contributed by atoms with Crippen molar-refractivity contribution in [2.45, 2.75) is 39.4 Å². The Labute approximate surface area is 207 Å². The van der Waals surface area contributed by atoms with Crippen molar-refractivity contribution in [2.75, 3.05) is 32.6 Å². The zero-order chi connectivity index (χ0) is 25.8. The molecule has 0 aliphatic carbocycles. The lowest BCUT2D eigenvalue weighted by molar-refractivity contribution is -0.140. The van der Waals surface area contributed by atoms with Crippen molar-refractivity contribution in [3.63, 3.8) is 0 Å². The highest BCUT2D eigenvalue weighted by Crippen LogP contribution is 2.14. The molecule has 0 fully saturated rings. The van der Waals surface area contributed by atoms with E-state index in [9.17, 15) is 22.4 Å². The van der Waals surface area contributed by atoms with Crippen LogP contribution in [0.15, 0.2) is 54.6 Å². The summed E-state index contributed by atoms with van der Waals surface area (Å²) in [5.74, 6) is -1.32. The molecule has 0 unspecified atom stereocenters. The fourth-order valence-corrected chi connectivity index (χ4v) is 4.09. The summed E-state index contributed by atoms with van der Waals surface area (Å²) in [5, 5.41) is 2.79. The molecule has 8 nitrogen and oxygen atoms in total. The van der Waals surface area contributed by atoms with E-state index in [1.165, 1.54) is 29.2 Å². The Morgan fingerprint density at radius 1 is 1.03 bits per heavy atom. The molecular formula is C25H34FN3O5S. The average molecular weight is 508 g/mol. The van der Waals surface area contributed by atoms with Crippen LogP contribution in [0.4, 0.5) is 4.39 Å². The summed E-state index contributed by atoms with van der Waals surface area (Å²) in [4.78, 5) is 27.5. The van der Waals surface area contributed by atoms with Crippen LogP contribution < -0.4 is 5.32 Å². The van der Waals surface area contributed by atoms with Gasteiger partial charge in [0.15, 0.2) is 0 Å².